The Balaban J connectivity index is 0.000000256. The number of hydrogen-bond acceptors (Lipinski definition) is 6. The summed E-state index contributed by atoms with van der Waals surface area (Å²) >= 11 is 0. The number of rotatable bonds is 0. The van der Waals surface area contributed by atoms with Crippen molar-refractivity contribution in [2.24, 2.45) is 10.8 Å². The molecule has 2 aromatic carbocycles. The lowest BCUT2D eigenvalue weighted by atomic mass is 9.70. The Hall–Kier alpha value is -1.74. The molecule has 1 saturated heterocycles. The third-order valence-corrected chi connectivity index (χ3v) is 15.7. The molecule has 3 aliphatic heterocycles. The average molecular weight is 609 g/mol. The number of aliphatic hydroxyl groups is 1. The molecule has 3 heterocycles. The van der Waals surface area contributed by atoms with Crippen LogP contribution in [-0.2, 0) is 24.4 Å². The van der Waals surface area contributed by atoms with E-state index in [1.54, 1.807) is 44.2 Å². The molecule has 0 spiro atoms. The zero-order valence-corrected chi connectivity index (χ0v) is 28.9. The summed E-state index contributed by atoms with van der Waals surface area (Å²) in [5.74, 6) is -0.206. The lowest BCUT2D eigenvalue weighted by Gasteiger charge is -2.43. The minimum atomic E-state index is -3.49. The monoisotopic (exact) mass is 608 g/mol. The van der Waals surface area contributed by atoms with Gasteiger partial charge in [-0.25, -0.2) is 16.8 Å². The summed E-state index contributed by atoms with van der Waals surface area (Å²) in [5, 5.41) is 10.6. The molecule has 6 nitrogen and oxygen atoms in total. The van der Waals surface area contributed by atoms with E-state index in [0.717, 1.165) is 5.56 Å². The quantitative estimate of drug-likeness (QED) is 0.311. The molecule has 0 bridgehead atoms. The van der Waals surface area contributed by atoms with Gasteiger partial charge in [-0.05, 0) is 45.4 Å². The normalized spacial score (nSPS) is 29.7. The van der Waals surface area contributed by atoms with E-state index in [4.69, 9.17) is 4.74 Å². The topological polar surface area (TPSA) is 101 Å². The highest BCUT2D eigenvalue weighted by Gasteiger charge is 2.64. The minimum absolute atomic E-state index is 0.00840. The van der Waals surface area contributed by atoms with Gasteiger partial charge in [0.05, 0.1) is 31.5 Å². The van der Waals surface area contributed by atoms with Crippen molar-refractivity contribution in [1.29, 1.82) is 0 Å². The fourth-order valence-electron chi connectivity index (χ4n) is 5.70. The van der Waals surface area contributed by atoms with Crippen LogP contribution in [0.2, 0.25) is 0 Å². The number of benzene rings is 2. The lowest BCUT2D eigenvalue weighted by molar-refractivity contribution is 0.0118. The van der Waals surface area contributed by atoms with E-state index in [2.05, 4.69) is 0 Å². The van der Waals surface area contributed by atoms with Crippen molar-refractivity contribution in [1.82, 2.24) is 0 Å². The highest BCUT2D eigenvalue weighted by molar-refractivity contribution is 7.93. The van der Waals surface area contributed by atoms with Crippen molar-refractivity contribution in [3.05, 3.63) is 59.7 Å². The molecule has 232 valence electrons. The van der Waals surface area contributed by atoms with Crippen LogP contribution in [0.25, 0.3) is 0 Å². The van der Waals surface area contributed by atoms with Crippen LogP contribution in [0, 0.1) is 10.8 Å². The van der Waals surface area contributed by atoms with E-state index in [9.17, 15) is 21.9 Å². The molecular formula is C33H52O6S2. The van der Waals surface area contributed by atoms with Crippen LogP contribution in [0.15, 0.2) is 58.3 Å². The molecule has 2 aromatic rings. The Morgan fingerprint density at radius 3 is 1.46 bits per heavy atom. The van der Waals surface area contributed by atoms with Crippen LogP contribution in [0.3, 0.4) is 0 Å². The Kier molecular flexibility index (Phi) is 10.2. The van der Waals surface area contributed by atoms with Crippen LogP contribution in [0.5, 0.6) is 0 Å². The van der Waals surface area contributed by atoms with Gasteiger partial charge in [0.2, 0.25) is 0 Å². The second kappa shape index (κ2) is 11.7. The van der Waals surface area contributed by atoms with E-state index < -0.39 is 46.1 Å². The van der Waals surface area contributed by atoms with Crippen LogP contribution in [0.4, 0.5) is 0 Å². The molecule has 0 saturated carbocycles. The third-order valence-electron chi connectivity index (χ3n) is 10.1. The molecule has 0 amide bonds. The maximum Gasteiger partial charge on any atom is 0.184 e. The van der Waals surface area contributed by atoms with E-state index in [0.29, 0.717) is 15.4 Å². The highest BCUT2D eigenvalue weighted by Crippen LogP contribution is 2.60. The molecule has 0 aliphatic carbocycles. The van der Waals surface area contributed by atoms with Crippen LogP contribution in [-0.4, -0.2) is 43.6 Å². The first-order chi connectivity index (χ1) is 18.8. The van der Waals surface area contributed by atoms with Gasteiger partial charge in [-0.15, -0.1) is 0 Å². The molecule has 4 atom stereocenters. The van der Waals surface area contributed by atoms with Gasteiger partial charge in [-0.1, -0.05) is 98.7 Å². The minimum Gasteiger partial charge on any atom is -0.392 e. The summed E-state index contributed by atoms with van der Waals surface area (Å²) in [6, 6.07) is 14.2. The standard InChI is InChI=1S/C15H22O3S.C14H18O3S.2C2H6/c1-10-11-8-6-7-9-12(11)19(17,18)15(4,5)14(2,3)13(10)16;1-13(2)12-11(17-12)9-7-5-6-8-10(9)18(15,16)14(13,3)4;2*1-2/h6-10,13,16H,1-5H3;5-8,11-12H,1-4H3;2*1-2H3. The lowest BCUT2D eigenvalue weighted by Crippen LogP contribution is -2.51. The third kappa shape index (κ3) is 5.21. The second-order valence-corrected chi connectivity index (χ2v) is 17.7. The van der Waals surface area contributed by atoms with E-state index in [-0.39, 0.29) is 18.1 Å². The summed E-state index contributed by atoms with van der Waals surface area (Å²) in [7, 11) is -6.84. The summed E-state index contributed by atoms with van der Waals surface area (Å²) in [4.78, 5) is 0.796. The average Bonchev–Trinajstić information content (AvgIpc) is 3.76. The van der Waals surface area contributed by atoms with Gasteiger partial charge in [0.1, 0.15) is 6.10 Å². The Morgan fingerprint density at radius 1 is 0.634 bits per heavy atom. The fourth-order valence-corrected chi connectivity index (χ4v) is 9.99. The zero-order valence-electron chi connectivity index (χ0n) is 27.2. The highest BCUT2D eigenvalue weighted by atomic mass is 32.2. The first-order valence-corrected chi connectivity index (χ1v) is 17.7. The molecule has 0 radical (unpaired) electrons. The van der Waals surface area contributed by atoms with Crippen LogP contribution < -0.4 is 0 Å². The SMILES string of the molecule is CC.CC.CC1(C)C2OC2c2ccccc2S(=O)(=O)C1(C)C.CC1c2ccccc2S(=O)(=O)C(C)(C)C(C)(C)C1O. The molecular weight excluding hydrogens is 556 g/mol. The molecule has 0 aromatic heterocycles. The van der Waals surface area contributed by atoms with Crippen molar-refractivity contribution in [2.75, 3.05) is 0 Å². The number of epoxide rings is 1. The molecule has 4 unspecified atom stereocenters. The van der Waals surface area contributed by atoms with E-state index in [1.807, 2.05) is 94.4 Å². The van der Waals surface area contributed by atoms with Crippen molar-refractivity contribution < 1.29 is 26.7 Å². The largest absolute Gasteiger partial charge is 0.392 e. The van der Waals surface area contributed by atoms with Crippen LogP contribution >= 0.6 is 0 Å². The number of aliphatic hydroxyl groups excluding tert-OH is 1. The predicted octanol–water partition coefficient (Wildman–Crippen LogP) is 7.51. The van der Waals surface area contributed by atoms with Crippen molar-refractivity contribution in [3.63, 3.8) is 0 Å². The number of sulfone groups is 2. The van der Waals surface area contributed by atoms with Crippen molar-refractivity contribution in [3.8, 4) is 0 Å². The van der Waals surface area contributed by atoms with Gasteiger partial charge in [0, 0.05) is 22.3 Å². The van der Waals surface area contributed by atoms with Gasteiger partial charge in [0.15, 0.2) is 19.7 Å². The summed E-state index contributed by atoms with van der Waals surface area (Å²) in [5.41, 5.74) is 0.398. The molecule has 41 heavy (non-hydrogen) atoms. The van der Waals surface area contributed by atoms with Gasteiger partial charge in [-0.2, -0.15) is 0 Å². The maximum atomic E-state index is 12.9. The molecule has 1 fully saturated rings. The first-order valence-electron chi connectivity index (χ1n) is 14.8. The van der Waals surface area contributed by atoms with Crippen molar-refractivity contribution in [2.45, 2.75) is 134 Å². The number of fused-ring (bicyclic) bond motifs is 4. The maximum absolute atomic E-state index is 12.9. The number of hydrogen-bond donors (Lipinski definition) is 1. The van der Waals surface area contributed by atoms with Gasteiger partial charge < -0.3 is 9.84 Å². The fraction of sp³-hybridized carbons (Fsp3) is 0.636. The summed E-state index contributed by atoms with van der Waals surface area (Å²) in [6.07, 6.45) is -0.778. The first kappa shape index (κ1) is 35.5. The van der Waals surface area contributed by atoms with E-state index in [1.165, 1.54) is 0 Å². The van der Waals surface area contributed by atoms with Gasteiger partial charge >= 0.3 is 0 Å². The Labute approximate surface area is 249 Å². The van der Waals surface area contributed by atoms with Crippen LogP contribution in [0.1, 0.15) is 113 Å². The van der Waals surface area contributed by atoms with E-state index >= 15 is 0 Å². The number of ether oxygens (including phenoxy) is 1. The molecule has 5 rings (SSSR count). The van der Waals surface area contributed by atoms with Gasteiger partial charge in [0.25, 0.3) is 0 Å². The molecule has 8 heteroatoms. The zero-order chi connectivity index (χ0) is 32.0. The summed E-state index contributed by atoms with van der Waals surface area (Å²) < 4.78 is 55.5. The predicted molar refractivity (Wildman–Crippen MR) is 168 cm³/mol. The van der Waals surface area contributed by atoms with Crippen molar-refractivity contribution >= 4 is 19.7 Å². The Bertz CT molecular complexity index is 1440. The summed E-state index contributed by atoms with van der Waals surface area (Å²) in [6.45, 7) is 24.6. The molecule has 3 aliphatic rings. The Morgan fingerprint density at radius 2 is 1.00 bits per heavy atom. The smallest absolute Gasteiger partial charge is 0.184 e. The van der Waals surface area contributed by atoms with Gasteiger partial charge in [-0.3, -0.25) is 0 Å². The molecule has 1 N–H and O–H groups in total. The second-order valence-electron chi connectivity index (χ2n) is 12.8.